The summed E-state index contributed by atoms with van der Waals surface area (Å²) < 4.78 is 1.73. The van der Waals surface area contributed by atoms with Gasteiger partial charge in [0.05, 0.1) is 24.3 Å². The van der Waals surface area contributed by atoms with Gasteiger partial charge in [-0.05, 0) is 37.8 Å². The first-order chi connectivity index (χ1) is 9.65. The van der Waals surface area contributed by atoms with Crippen LogP contribution < -0.4 is 5.32 Å². The maximum atomic E-state index is 12.3. The van der Waals surface area contributed by atoms with Gasteiger partial charge in [0.2, 0.25) is 0 Å². The Morgan fingerprint density at radius 1 is 1.45 bits per heavy atom. The van der Waals surface area contributed by atoms with Gasteiger partial charge in [-0.2, -0.15) is 0 Å². The minimum atomic E-state index is -0.0924. The Morgan fingerprint density at radius 3 is 2.85 bits per heavy atom. The second-order valence-corrected chi connectivity index (χ2v) is 5.38. The maximum Gasteiger partial charge on any atom is 0.270 e. The molecule has 2 aromatic rings. The van der Waals surface area contributed by atoms with Crippen LogP contribution in [0.15, 0.2) is 30.7 Å². The number of aromatic nitrogens is 3. The summed E-state index contributed by atoms with van der Waals surface area (Å²) in [7, 11) is 1.82. The predicted molar refractivity (Wildman–Crippen MR) is 75.1 cm³/mol. The van der Waals surface area contributed by atoms with Crippen LogP contribution in [0.4, 0.5) is 0 Å². The standard InChI is InChI=1S/C15H18N4O/c1-10-4-3-5-12(17-10)14(11-6-7-11)18-15(20)13-8-16-9-19(13)2/h3-5,8-9,11,14H,6-7H2,1-2H3,(H,18,20). The van der Waals surface area contributed by atoms with Crippen LogP contribution in [-0.4, -0.2) is 20.4 Å². The number of aryl methyl sites for hydroxylation is 2. The third-order valence-corrected chi connectivity index (χ3v) is 3.66. The molecular formula is C15H18N4O. The van der Waals surface area contributed by atoms with Crippen molar-refractivity contribution in [2.45, 2.75) is 25.8 Å². The predicted octanol–water partition coefficient (Wildman–Crippen LogP) is 2.00. The summed E-state index contributed by atoms with van der Waals surface area (Å²) in [6.07, 6.45) is 5.51. The minimum absolute atomic E-state index is 0.00250. The highest BCUT2D eigenvalue weighted by molar-refractivity contribution is 5.92. The van der Waals surface area contributed by atoms with Crippen LogP contribution in [0.25, 0.3) is 0 Å². The number of hydrogen-bond donors (Lipinski definition) is 1. The van der Waals surface area contributed by atoms with Crippen LogP contribution in [0.2, 0.25) is 0 Å². The largest absolute Gasteiger partial charge is 0.342 e. The molecule has 0 radical (unpaired) electrons. The first-order valence-corrected chi connectivity index (χ1v) is 6.86. The number of carbonyl (C=O) groups is 1. The summed E-state index contributed by atoms with van der Waals surface area (Å²) in [4.78, 5) is 20.9. The van der Waals surface area contributed by atoms with E-state index < -0.39 is 0 Å². The number of amides is 1. The number of rotatable bonds is 4. The highest BCUT2D eigenvalue weighted by atomic mass is 16.2. The lowest BCUT2D eigenvalue weighted by Crippen LogP contribution is -2.31. The lowest BCUT2D eigenvalue weighted by molar-refractivity contribution is 0.0922. The van der Waals surface area contributed by atoms with Gasteiger partial charge in [-0.25, -0.2) is 4.98 Å². The molecule has 3 rings (SSSR count). The molecule has 1 unspecified atom stereocenters. The topological polar surface area (TPSA) is 59.8 Å². The third-order valence-electron chi connectivity index (χ3n) is 3.66. The summed E-state index contributed by atoms with van der Waals surface area (Å²) in [5, 5.41) is 3.10. The van der Waals surface area contributed by atoms with E-state index in [-0.39, 0.29) is 11.9 Å². The van der Waals surface area contributed by atoms with Gasteiger partial charge in [0.1, 0.15) is 5.69 Å². The van der Waals surface area contributed by atoms with Crippen molar-refractivity contribution in [2.24, 2.45) is 13.0 Å². The maximum absolute atomic E-state index is 12.3. The fraction of sp³-hybridized carbons (Fsp3) is 0.400. The number of hydrogen-bond acceptors (Lipinski definition) is 3. The molecule has 5 heteroatoms. The monoisotopic (exact) mass is 270 g/mol. The van der Waals surface area contributed by atoms with E-state index >= 15 is 0 Å². The van der Waals surface area contributed by atoms with Crippen LogP contribution >= 0.6 is 0 Å². The van der Waals surface area contributed by atoms with Gasteiger partial charge >= 0.3 is 0 Å². The van der Waals surface area contributed by atoms with Gasteiger partial charge in [0, 0.05) is 12.7 Å². The number of nitrogens with zero attached hydrogens (tertiary/aromatic N) is 3. The van der Waals surface area contributed by atoms with Crippen molar-refractivity contribution in [1.82, 2.24) is 19.9 Å². The van der Waals surface area contributed by atoms with E-state index in [0.29, 0.717) is 11.6 Å². The van der Waals surface area contributed by atoms with Gasteiger partial charge in [0.15, 0.2) is 0 Å². The lowest BCUT2D eigenvalue weighted by Gasteiger charge is -2.18. The van der Waals surface area contributed by atoms with Crippen LogP contribution in [0.3, 0.4) is 0 Å². The van der Waals surface area contributed by atoms with E-state index in [2.05, 4.69) is 15.3 Å². The zero-order valence-electron chi connectivity index (χ0n) is 11.7. The Balaban J connectivity index is 1.82. The summed E-state index contributed by atoms with van der Waals surface area (Å²) >= 11 is 0. The number of pyridine rings is 1. The van der Waals surface area contributed by atoms with E-state index in [4.69, 9.17) is 0 Å². The fourth-order valence-corrected chi connectivity index (χ4v) is 2.39. The zero-order valence-corrected chi connectivity index (χ0v) is 11.7. The Kier molecular flexibility index (Phi) is 3.26. The average Bonchev–Trinajstić information content (AvgIpc) is 3.17. The molecule has 104 valence electrons. The van der Waals surface area contributed by atoms with Crippen LogP contribution in [0, 0.1) is 12.8 Å². The molecule has 1 aliphatic carbocycles. The summed E-state index contributed by atoms with van der Waals surface area (Å²) in [6, 6.07) is 5.94. The Labute approximate surface area is 118 Å². The minimum Gasteiger partial charge on any atom is -0.342 e. The van der Waals surface area contributed by atoms with E-state index in [1.807, 2.05) is 32.2 Å². The van der Waals surface area contributed by atoms with Crippen molar-refractivity contribution in [2.75, 3.05) is 0 Å². The molecule has 1 N–H and O–H groups in total. The normalized spacial score (nSPS) is 15.9. The molecule has 0 aliphatic heterocycles. The zero-order chi connectivity index (χ0) is 14.1. The van der Waals surface area contributed by atoms with Crippen LogP contribution in [-0.2, 0) is 7.05 Å². The molecular weight excluding hydrogens is 252 g/mol. The number of carbonyl (C=O) groups excluding carboxylic acids is 1. The SMILES string of the molecule is Cc1cccc(C(NC(=O)c2cncn2C)C2CC2)n1. The van der Waals surface area contributed by atoms with Gasteiger partial charge in [-0.15, -0.1) is 0 Å². The third kappa shape index (κ3) is 2.57. The van der Waals surface area contributed by atoms with Crippen molar-refractivity contribution >= 4 is 5.91 Å². The van der Waals surface area contributed by atoms with Gasteiger partial charge in [-0.1, -0.05) is 6.07 Å². The number of imidazole rings is 1. The molecule has 0 aromatic carbocycles. The smallest absolute Gasteiger partial charge is 0.270 e. The van der Waals surface area contributed by atoms with Gasteiger partial charge < -0.3 is 9.88 Å². The van der Waals surface area contributed by atoms with Crippen LogP contribution in [0.5, 0.6) is 0 Å². The first kappa shape index (κ1) is 12.8. The average molecular weight is 270 g/mol. The second kappa shape index (κ2) is 5.07. The molecule has 2 heterocycles. The number of nitrogens with one attached hydrogen (secondary N) is 1. The molecule has 0 spiro atoms. The summed E-state index contributed by atoms with van der Waals surface area (Å²) in [5.41, 5.74) is 2.49. The van der Waals surface area contributed by atoms with Crippen molar-refractivity contribution in [1.29, 1.82) is 0 Å². The fourth-order valence-electron chi connectivity index (χ4n) is 2.39. The summed E-state index contributed by atoms with van der Waals surface area (Å²) in [5.74, 6) is 0.409. The van der Waals surface area contributed by atoms with Crippen LogP contribution in [0.1, 0.15) is 40.8 Å². The highest BCUT2D eigenvalue weighted by Crippen LogP contribution is 2.40. The molecule has 2 aromatic heterocycles. The van der Waals surface area contributed by atoms with Gasteiger partial charge in [0.25, 0.3) is 5.91 Å². The molecule has 20 heavy (non-hydrogen) atoms. The van der Waals surface area contributed by atoms with E-state index in [1.54, 1.807) is 17.1 Å². The van der Waals surface area contributed by atoms with E-state index in [1.165, 1.54) is 0 Å². The first-order valence-electron chi connectivity index (χ1n) is 6.86. The van der Waals surface area contributed by atoms with Crippen molar-refractivity contribution in [3.05, 3.63) is 47.8 Å². The quantitative estimate of drug-likeness (QED) is 0.924. The molecule has 0 saturated heterocycles. The van der Waals surface area contributed by atoms with Crippen molar-refractivity contribution in [3.63, 3.8) is 0 Å². The molecule has 0 bridgehead atoms. The van der Waals surface area contributed by atoms with Crippen molar-refractivity contribution in [3.8, 4) is 0 Å². The van der Waals surface area contributed by atoms with E-state index in [0.717, 1.165) is 24.2 Å². The lowest BCUT2D eigenvalue weighted by atomic mass is 10.1. The Morgan fingerprint density at radius 2 is 2.25 bits per heavy atom. The molecule has 1 saturated carbocycles. The van der Waals surface area contributed by atoms with E-state index in [9.17, 15) is 4.79 Å². The molecule has 5 nitrogen and oxygen atoms in total. The Hall–Kier alpha value is -2.17. The second-order valence-electron chi connectivity index (χ2n) is 5.38. The molecule has 1 aliphatic rings. The molecule has 1 atom stereocenters. The molecule has 1 amide bonds. The highest BCUT2D eigenvalue weighted by Gasteiger charge is 2.34. The molecule has 1 fully saturated rings. The van der Waals surface area contributed by atoms with Crippen molar-refractivity contribution < 1.29 is 4.79 Å². The Bertz CT molecular complexity index is 630. The summed E-state index contributed by atoms with van der Waals surface area (Å²) in [6.45, 7) is 1.97. The van der Waals surface area contributed by atoms with Gasteiger partial charge in [-0.3, -0.25) is 9.78 Å².